The van der Waals surface area contributed by atoms with Crippen LogP contribution < -0.4 is 5.73 Å². The zero-order valence-corrected chi connectivity index (χ0v) is 11.9. The molecule has 2 heteroatoms. The van der Waals surface area contributed by atoms with Gasteiger partial charge in [-0.2, -0.15) is 0 Å². The van der Waals surface area contributed by atoms with Gasteiger partial charge in [-0.3, -0.25) is 4.90 Å². The number of hydrogen-bond acceptors (Lipinski definition) is 2. The van der Waals surface area contributed by atoms with Crippen molar-refractivity contribution >= 4 is 0 Å². The van der Waals surface area contributed by atoms with Gasteiger partial charge in [-0.1, -0.05) is 36.2 Å². The molecule has 1 aliphatic heterocycles. The summed E-state index contributed by atoms with van der Waals surface area (Å²) in [5, 5.41) is 0. The monoisotopic (exact) mass is 246 g/mol. The molecule has 1 unspecified atom stereocenters. The van der Waals surface area contributed by atoms with Crippen molar-refractivity contribution in [2.24, 2.45) is 5.73 Å². The van der Waals surface area contributed by atoms with Gasteiger partial charge >= 0.3 is 0 Å². The van der Waals surface area contributed by atoms with E-state index in [1.807, 2.05) is 0 Å². The summed E-state index contributed by atoms with van der Waals surface area (Å²) in [4.78, 5) is 2.58. The van der Waals surface area contributed by atoms with E-state index in [9.17, 15) is 0 Å². The van der Waals surface area contributed by atoms with Gasteiger partial charge in [-0.15, -0.1) is 0 Å². The van der Waals surface area contributed by atoms with Gasteiger partial charge in [-0.25, -0.2) is 0 Å². The molecule has 0 aliphatic carbocycles. The largest absolute Gasteiger partial charge is 0.323 e. The molecule has 1 saturated heterocycles. The van der Waals surface area contributed by atoms with Gasteiger partial charge in [0.1, 0.15) is 0 Å². The van der Waals surface area contributed by atoms with Gasteiger partial charge in [0.15, 0.2) is 0 Å². The van der Waals surface area contributed by atoms with Crippen molar-refractivity contribution in [1.82, 2.24) is 4.90 Å². The van der Waals surface area contributed by atoms with E-state index in [1.54, 1.807) is 0 Å². The van der Waals surface area contributed by atoms with E-state index in [0.717, 1.165) is 6.54 Å². The van der Waals surface area contributed by atoms with Crippen molar-refractivity contribution in [2.45, 2.75) is 58.2 Å². The molecule has 2 nitrogen and oxygen atoms in total. The van der Waals surface area contributed by atoms with E-state index in [2.05, 4.69) is 49.9 Å². The second-order valence-electron chi connectivity index (χ2n) is 5.84. The predicted molar refractivity (Wildman–Crippen MR) is 77.6 cm³/mol. The molecular formula is C16H26N2. The van der Waals surface area contributed by atoms with Crippen LogP contribution >= 0.6 is 0 Å². The highest BCUT2D eigenvalue weighted by molar-refractivity contribution is 5.24. The van der Waals surface area contributed by atoms with Gasteiger partial charge in [-0.05, 0) is 39.2 Å². The number of nitrogens with zero attached hydrogens (tertiary/aromatic N) is 1. The standard InChI is InChI=1S/C16H26N2/c1-12-7-9-15(10-8-12)16(17)11-18-13(2)5-4-6-14(18)3/h7-10,13-14,16H,4-6,11,17H2,1-3H3/t13-,14+,16?. The summed E-state index contributed by atoms with van der Waals surface area (Å²) in [7, 11) is 0. The van der Waals surface area contributed by atoms with E-state index in [0.29, 0.717) is 12.1 Å². The number of rotatable bonds is 3. The van der Waals surface area contributed by atoms with Crippen molar-refractivity contribution in [1.29, 1.82) is 0 Å². The molecule has 1 heterocycles. The van der Waals surface area contributed by atoms with Crippen LogP contribution in [0.5, 0.6) is 0 Å². The van der Waals surface area contributed by atoms with Gasteiger partial charge in [0.25, 0.3) is 0 Å². The SMILES string of the molecule is Cc1ccc(C(N)CN2[C@H](C)CCC[C@@H]2C)cc1. The second-order valence-corrected chi connectivity index (χ2v) is 5.84. The molecule has 0 spiro atoms. The van der Waals surface area contributed by atoms with Gasteiger partial charge in [0.2, 0.25) is 0 Å². The Morgan fingerprint density at radius 1 is 1.17 bits per heavy atom. The molecule has 0 saturated carbocycles. The molecule has 1 aromatic carbocycles. The lowest BCUT2D eigenvalue weighted by atomic mass is 9.95. The molecule has 1 aliphatic rings. The van der Waals surface area contributed by atoms with Crippen LogP contribution in [0.2, 0.25) is 0 Å². The van der Waals surface area contributed by atoms with Crippen molar-refractivity contribution in [2.75, 3.05) is 6.54 Å². The van der Waals surface area contributed by atoms with Crippen LogP contribution in [0.4, 0.5) is 0 Å². The number of nitrogens with two attached hydrogens (primary N) is 1. The maximum Gasteiger partial charge on any atom is 0.0424 e. The van der Waals surface area contributed by atoms with Gasteiger partial charge in [0.05, 0.1) is 0 Å². The Morgan fingerprint density at radius 2 is 1.72 bits per heavy atom. The number of hydrogen-bond donors (Lipinski definition) is 1. The predicted octanol–water partition coefficient (Wildman–Crippen LogP) is 3.26. The molecule has 0 aromatic heterocycles. The lowest BCUT2D eigenvalue weighted by Gasteiger charge is -2.40. The number of likely N-dealkylation sites (tertiary alicyclic amines) is 1. The number of aryl methyl sites for hydroxylation is 1. The Morgan fingerprint density at radius 3 is 2.28 bits per heavy atom. The van der Waals surface area contributed by atoms with Crippen LogP contribution in [0.3, 0.4) is 0 Å². The van der Waals surface area contributed by atoms with Gasteiger partial charge < -0.3 is 5.73 Å². The van der Waals surface area contributed by atoms with E-state index in [-0.39, 0.29) is 6.04 Å². The molecular weight excluding hydrogens is 220 g/mol. The lowest BCUT2D eigenvalue weighted by molar-refractivity contribution is 0.0961. The van der Waals surface area contributed by atoms with Crippen molar-refractivity contribution in [3.63, 3.8) is 0 Å². The lowest BCUT2D eigenvalue weighted by Crippen LogP contribution is -2.46. The first-order valence-corrected chi connectivity index (χ1v) is 7.16. The third kappa shape index (κ3) is 3.12. The van der Waals surface area contributed by atoms with E-state index in [4.69, 9.17) is 5.73 Å². The smallest absolute Gasteiger partial charge is 0.0424 e. The fourth-order valence-corrected chi connectivity index (χ4v) is 2.98. The van der Waals surface area contributed by atoms with Crippen LogP contribution in [-0.2, 0) is 0 Å². The van der Waals surface area contributed by atoms with Crippen LogP contribution in [-0.4, -0.2) is 23.5 Å². The molecule has 0 radical (unpaired) electrons. The first kappa shape index (κ1) is 13.6. The minimum Gasteiger partial charge on any atom is -0.323 e. The van der Waals surface area contributed by atoms with Crippen LogP contribution in [0, 0.1) is 6.92 Å². The third-order valence-electron chi connectivity index (χ3n) is 4.29. The van der Waals surface area contributed by atoms with Crippen molar-refractivity contribution in [3.05, 3.63) is 35.4 Å². The quantitative estimate of drug-likeness (QED) is 0.887. The molecule has 100 valence electrons. The maximum absolute atomic E-state index is 6.36. The molecule has 1 fully saturated rings. The Balaban J connectivity index is 2.01. The average Bonchev–Trinajstić information content (AvgIpc) is 2.34. The van der Waals surface area contributed by atoms with Crippen LogP contribution in [0.25, 0.3) is 0 Å². The summed E-state index contributed by atoms with van der Waals surface area (Å²) in [6.45, 7) is 7.75. The minimum atomic E-state index is 0.133. The Bertz CT molecular complexity index is 361. The highest BCUT2D eigenvalue weighted by atomic mass is 15.2. The normalized spacial score (nSPS) is 27.1. The summed E-state index contributed by atoms with van der Waals surface area (Å²) in [5.74, 6) is 0. The Hall–Kier alpha value is -0.860. The highest BCUT2D eigenvalue weighted by Gasteiger charge is 2.26. The summed E-state index contributed by atoms with van der Waals surface area (Å²) >= 11 is 0. The van der Waals surface area contributed by atoms with E-state index >= 15 is 0 Å². The number of benzene rings is 1. The zero-order valence-electron chi connectivity index (χ0n) is 11.9. The first-order chi connectivity index (χ1) is 8.58. The molecule has 0 bridgehead atoms. The molecule has 2 rings (SSSR count). The second kappa shape index (κ2) is 5.85. The summed E-state index contributed by atoms with van der Waals surface area (Å²) in [6, 6.07) is 10.1. The first-order valence-electron chi connectivity index (χ1n) is 7.16. The fourth-order valence-electron chi connectivity index (χ4n) is 2.98. The highest BCUT2D eigenvalue weighted by Crippen LogP contribution is 2.24. The molecule has 18 heavy (non-hydrogen) atoms. The third-order valence-corrected chi connectivity index (χ3v) is 4.29. The summed E-state index contributed by atoms with van der Waals surface area (Å²) in [6.07, 6.45) is 3.98. The van der Waals surface area contributed by atoms with Gasteiger partial charge in [0, 0.05) is 24.7 Å². The Kier molecular flexibility index (Phi) is 4.41. The average molecular weight is 246 g/mol. The van der Waals surface area contributed by atoms with Crippen molar-refractivity contribution in [3.8, 4) is 0 Å². The van der Waals surface area contributed by atoms with E-state index in [1.165, 1.54) is 30.4 Å². The Labute approximate surface area is 111 Å². The number of piperidine rings is 1. The van der Waals surface area contributed by atoms with Crippen molar-refractivity contribution < 1.29 is 0 Å². The molecule has 0 amide bonds. The topological polar surface area (TPSA) is 29.3 Å². The van der Waals surface area contributed by atoms with E-state index < -0.39 is 0 Å². The maximum atomic E-state index is 6.36. The van der Waals surface area contributed by atoms with Crippen LogP contribution in [0.1, 0.15) is 50.3 Å². The summed E-state index contributed by atoms with van der Waals surface area (Å²) < 4.78 is 0. The van der Waals surface area contributed by atoms with Crippen LogP contribution in [0.15, 0.2) is 24.3 Å². The minimum absolute atomic E-state index is 0.133. The zero-order chi connectivity index (χ0) is 13.1. The molecule has 3 atom stereocenters. The fraction of sp³-hybridized carbons (Fsp3) is 0.625. The molecule has 2 N–H and O–H groups in total. The summed E-state index contributed by atoms with van der Waals surface area (Å²) in [5.41, 5.74) is 8.91. The molecule has 1 aromatic rings.